The number of hydrogen-bond acceptors (Lipinski definition) is 11. The molecule has 4 aromatic rings. The summed E-state index contributed by atoms with van der Waals surface area (Å²) >= 11 is 0. The second-order valence-corrected chi connectivity index (χ2v) is 9.03. The normalized spacial score (nSPS) is 14.1. The number of amides is 1. The highest BCUT2D eigenvalue weighted by molar-refractivity contribution is 5.95. The lowest BCUT2D eigenvalue weighted by Crippen LogP contribution is -2.33. The molecule has 1 atom stereocenters. The number of nitrogen functional groups attached to an aromatic ring is 2. The van der Waals surface area contributed by atoms with Crippen molar-refractivity contribution in [3.05, 3.63) is 94.4 Å². The molecule has 0 saturated heterocycles. The van der Waals surface area contributed by atoms with Crippen LogP contribution in [0.1, 0.15) is 39.4 Å². The van der Waals surface area contributed by atoms with Gasteiger partial charge in [-0.15, -0.1) is 0 Å². The van der Waals surface area contributed by atoms with Crippen molar-refractivity contribution in [1.29, 1.82) is 0 Å². The number of anilines is 2. The first kappa shape index (κ1) is 27.1. The molecular formula is C29H28N8O4. The van der Waals surface area contributed by atoms with Crippen molar-refractivity contribution in [2.24, 2.45) is 5.10 Å². The predicted molar refractivity (Wildman–Crippen MR) is 154 cm³/mol. The molecule has 0 radical (unpaired) electrons. The van der Waals surface area contributed by atoms with Gasteiger partial charge in [0.1, 0.15) is 11.9 Å². The first-order valence-corrected chi connectivity index (χ1v) is 12.5. The number of nitrogens with zero attached hydrogens (tertiary/aromatic N) is 6. The summed E-state index contributed by atoms with van der Waals surface area (Å²) in [5, 5.41) is 5.87. The molecule has 0 aliphatic carbocycles. The Bertz CT molecular complexity index is 1640. The van der Waals surface area contributed by atoms with Crippen LogP contribution in [0.25, 0.3) is 6.08 Å². The van der Waals surface area contributed by atoms with Crippen LogP contribution in [-0.4, -0.2) is 58.4 Å². The Labute approximate surface area is 236 Å². The lowest BCUT2D eigenvalue weighted by Gasteiger charge is -2.31. The van der Waals surface area contributed by atoms with Gasteiger partial charge < -0.3 is 25.7 Å². The highest BCUT2D eigenvalue weighted by atomic mass is 16.5. The van der Waals surface area contributed by atoms with E-state index < -0.39 is 6.04 Å². The molecule has 2 aromatic heterocycles. The van der Waals surface area contributed by atoms with E-state index in [1.165, 1.54) is 25.3 Å². The van der Waals surface area contributed by atoms with Gasteiger partial charge in [0.2, 0.25) is 5.95 Å². The van der Waals surface area contributed by atoms with Crippen molar-refractivity contribution in [1.82, 2.24) is 24.9 Å². The largest absolute Gasteiger partial charge is 0.493 e. The Morgan fingerprint density at radius 1 is 1.00 bits per heavy atom. The quantitative estimate of drug-likeness (QED) is 0.311. The molecule has 0 saturated carbocycles. The number of rotatable bonds is 8. The average molecular weight is 553 g/mol. The second kappa shape index (κ2) is 11.7. The van der Waals surface area contributed by atoms with Crippen LogP contribution in [-0.2, 0) is 11.2 Å². The van der Waals surface area contributed by atoms with Crippen molar-refractivity contribution in [3.8, 4) is 17.5 Å². The Kier molecular flexibility index (Phi) is 7.72. The van der Waals surface area contributed by atoms with Crippen molar-refractivity contribution < 1.29 is 19.0 Å². The number of carbonyl (C=O) groups is 1. The zero-order valence-corrected chi connectivity index (χ0v) is 22.7. The zero-order valence-electron chi connectivity index (χ0n) is 22.7. The summed E-state index contributed by atoms with van der Waals surface area (Å²) in [6, 6.07) is 11.1. The van der Waals surface area contributed by atoms with Crippen LogP contribution >= 0.6 is 0 Å². The molecule has 12 heteroatoms. The van der Waals surface area contributed by atoms with Gasteiger partial charge in [-0.25, -0.2) is 20.0 Å². The summed E-state index contributed by atoms with van der Waals surface area (Å²) in [5.41, 5.74) is 16.3. The van der Waals surface area contributed by atoms with Crippen LogP contribution in [0, 0.1) is 0 Å². The molecule has 0 fully saturated rings. The van der Waals surface area contributed by atoms with Gasteiger partial charge in [-0.1, -0.05) is 24.3 Å². The standard InChI is InChI=1S/C29H28N8O4/c1-39-23-12-17(11-20-13-32-28(31)36-27(20)30)10-18(26(23)40-2)8-9-24(38)37-25(21-14-33-29(41-3)34-15-21)22-7-5-4-6-19(22)16-35-37/h4-10,12-16,25H,11H2,1-3H3,(H4,30,31,32,36)/b9-8+/t25-/m0/s1. The smallest absolute Gasteiger partial charge is 0.316 e. The van der Waals surface area contributed by atoms with Crippen LogP contribution in [0.2, 0.25) is 0 Å². The lowest BCUT2D eigenvalue weighted by molar-refractivity contribution is -0.127. The third-order valence-corrected chi connectivity index (χ3v) is 6.51. The monoisotopic (exact) mass is 552 g/mol. The lowest BCUT2D eigenvalue weighted by atomic mass is 9.94. The van der Waals surface area contributed by atoms with Gasteiger partial charge in [0.05, 0.1) is 27.5 Å². The first-order valence-electron chi connectivity index (χ1n) is 12.5. The number of hydrazone groups is 1. The van der Waals surface area contributed by atoms with E-state index in [0.717, 1.165) is 16.7 Å². The molecule has 0 bridgehead atoms. The first-order chi connectivity index (χ1) is 19.9. The Hall–Kier alpha value is -5.52. The van der Waals surface area contributed by atoms with Crippen LogP contribution in [0.4, 0.5) is 11.8 Å². The van der Waals surface area contributed by atoms with Crippen LogP contribution in [0.15, 0.2) is 66.2 Å². The fourth-order valence-electron chi connectivity index (χ4n) is 4.58. The minimum Gasteiger partial charge on any atom is -0.493 e. The van der Waals surface area contributed by atoms with Gasteiger partial charge in [-0.2, -0.15) is 10.1 Å². The molecule has 2 aromatic carbocycles. The molecule has 3 heterocycles. The molecular weight excluding hydrogens is 524 g/mol. The Morgan fingerprint density at radius 2 is 1.78 bits per heavy atom. The summed E-state index contributed by atoms with van der Waals surface area (Å²) in [6.07, 6.45) is 10.0. The summed E-state index contributed by atoms with van der Waals surface area (Å²) < 4.78 is 16.3. The van der Waals surface area contributed by atoms with Crippen LogP contribution < -0.4 is 25.7 Å². The third kappa shape index (κ3) is 5.62. The number of nitrogens with two attached hydrogens (primary N) is 2. The Morgan fingerprint density at radius 3 is 2.49 bits per heavy atom. The van der Waals surface area contributed by atoms with E-state index in [9.17, 15) is 4.79 Å². The third-order valence-electron chi connectivity index (χ3n) is 6.51. The van der Waals surface area contributed by atoms with Crippen molar-refractivity contribution in [2.45, 2.75) is 12.5 Å². The molecule has 1 aliphatic rings. The summed E-state index contributed by atoms with van der Waals surface area (Å²) in [5.74, 6) is 0.985. The van der Waals surface area contributed by atoms with Gasteiger partial charge in [-0.3, -0.25) is 4.79 Å². The second-order valence-electron chi connectivity index (χ2n) is 9.03. The van der Waals surface area contributed by atoms with E-state index in [4.69, 9.17) is 25.7 Å². The number of hydrogen-bond donors (Lipinski definition) is 2. The van der Waals surface area contributed by atoms with Gasteiger partial charge in [-0.05, 0) is 29.3 Å². The van der Waals surface area contributed by atoms with Crippen molar-refractivity contribution in [2.75, 3.05) is 32.8 Å². The van der Waals surface area contributed by atoms with Gasteiger partial charge in [0.15, 0.2) is 11.5 Å². The molecule has 41 heavy (non-hydrogen) atoms. The number of carbonyl (C=O) groups excluding carboxylic acids is 1. The average Bonchev–Trinajstić information content (AvgIpc) is 3.00. The highest BCUT2D eigenvalue weighted by Gasteiger charge is 2.30. The molecule has 0 unspecified atom stereocenters. The number of benzene rings is 2. The zero-order chi connectivity index (χ0) is 28.9. The minimum atomic E-state index is -0.546. The maximum Gasteiger partial charge on any atom is 0.316 e. The van der Waals surface area contributed by atoms with Gasteiger partial charge >= 0.3 is 6.01 Å². The van der Waals surface area contributed by atoms with E-state index >= 15 is 0 Å². The number of aromatic nitrogens is 4. The van der Waals surface area contributed by atoms with Gasteiger partial charge in [0, 0.05) is 53.3 Å². The fraction of sp³-hybridized carbons (Fsp3) is 0.172. The summed E-state index contributed by atoms with van der Waals surface area (Å²) in [7, 11) is 4.57. The van der Waals surface area contributed by atoms with Crippen molar-refractivity contribution >= 4 is 30.0 Å². The molecule has 12 nitrogen and oxygen atoms in total. The number of methoxy groups -OCH3 is 3. The Balaban J connectivity index is 1.49. The van der Waals surface area contributed by atoms with E-state index in [2.05, 4.69) is 25.0 Å². The highest BCUT2D eigenvalue weighted by Crippen LogP contribution is 2.36. The molecule has 1 aliphatic heterocycles. The molecule has 1 amide bonds. The number of ether oxygens (including phenoxy) is 3. The van der Waals surface area contributed by atoms with E-state index in [-0.39, 0.29) is 23.7 Å². The number of fused-ring (bicyclic) bond motifs is 1. The van der Waals surface area contributed by atoms with Crippen LogP contribution in [0.5, 0.6) is 17.5 Å². The summed E-state index contributed by atoms with van der Waals surface area (Å²) in [4.78, 5) is 30.2. The molecule has 208 valence electrons. The maximum atomic E-state index is 13.6. The van der Waals surface area contributed by atoms with Crippen LogP contribution in [0.3, 0.4) is 0 Å². The van der Waals surface area contributed by atoms with Crippen molar-refractivity contribution in [3.63, 3.8) is 0 Å². The van der Waals surface area contributed by atoms with E-state index in [0.29, 0.717) is 34.6 Å². The fourth-order valence-corrected chi connectivity index (χ4v) is 4.58. The SMILES string of the molecule is COc1ncc([C@H]2c3ccccc3C=NN2C(=O)/C=C/c2cc(Cc3cnc(N)nc3N)cc(OC)c2OC)cn1. The minimum absolute atomic E-state index is 0.100. The summed E-state index contributed by atoms with van der Waals surface area (Å²) in [6.45, 7) is 0. The van der Waals surface area contributed by atoms with E-state index in [1.807, 2.05) is 36.4 Å². The topological polar surface area (TPSA) is 164 Å². The maximum absolute atomic E-state index is 13.6. The predicted octanol–water partition coefficient (Wildman–Crippen LogP) is 3.03. The molecule has 0 spiro atoms. The molecule has 4 N–H and O–H groups in total. The molecule has 5 rings (SSSR count). The van der Waals surface area contributed by atoms with E-state index in [1.54, 1.807) is 38.0 Å². The van der Waals surface area contributed by atoms with Gasteiger partial charge in [0.25, 0.3) is 5.91 Å².